The van der Waals surface area contributed by atoms with Crippen LogP contribution in [0.2, 0.25) is 0 Å². The molecule has 2 N–H and O–H groups in total. The summed E-state index contributed by atoms with van der Waals surface area (Å²) in [7, 11) is 0. The highest BCUT2D eigenvalue weighted by Crippen LogP contribution is 2.19. The molecule has 1 aliphatic heterocycles. The van der Waals surface area contributed by atoms with Crippen LogP contribution in [0, 0.1) is 5.92 Å². The monoisotopic (exact) mass is 214 g/mol. The molecule has 0 aromatic carbocycles. The van der Waals surface area contributed by atoms with Crippen molar-refractivity contribution in [2.24, 2.45) is 11.7 Å². The molecule has 0 amide bonds. The highest BCUT2D eigenvalue weighted by atomic mass is 32.1. The van der Waals surface area contributed by atoms with E-state index in [1.165, 1.54) is 25.8 Å². The Morgan fingerprint density at radius 1 is 1.57 bits per heavy atom. The maximum absolute atomic E-state index is 5.76. The Kier molecular flexibility index (Phi) is 4.82. The predicted molar refractivity (Wildman–Crippen MR) is 65.5 cm³/mol. The minimum atomic E-state index is 0.368. The number of rotatable bonds is 4. The second-order valence-electron chi connectivity index (χ2n) is 4.42. The molecule has 2 nitrogen and oxygen atoms in total. The molecule has 1 fully saturated rings. The van der Waals surface area contributed by atoms with E-state index in [2.05, 4.69) is 18.7 Å². The van der Waals surface area contributed by atoms with Crippen LogP contribution in [0.25, 0.3) is 0 Å². The summed E-state index contributed by atoms with van der Waals surface area (Å²) in [4.78, 5) is 3.16. The Hall–Kier alpha value is -0.150. The van der Waals surface area contributed by atoms with Gasteiger partial charge >= 0.3 is 0 Å². The van der Waals surface area contributed by atoms with Crippen LogP contribution in [0.5, 0.6) is 0 Å². The lowest BCUT2D eigenvalue weighted by atomic mass is 9.99. The summed E-state index contributed by atoms with van der Waals surface area (Å²) >= 11 is 5.12. The minimum Gasteiger partial charge on any atom is -0.392 e. The van der Waals surface area contributed by atoms with E-state index in [1.807, 2.05) is 0 Å². The minimum absolute atomic E-state index is 0.368. The number of thiocarbonyl (C=S) groups is 1. The molecule has 0 saturated carbocycles. The Morgan fingerprint density at radius 2 is 2.29 bits per heavy atom. The van der Waals surface area contributed by atoms with Crippen molar-refractivity contribution in [3.63, 3.8) is 0 Å². The molecule has 0 aliphatic carbocycles. The molecule has 0 bridgehead atoms. The highest BCUT2D eigenvalue weighted by molar-refractivity contribution is 7.80. The van der Waals surface area contributed by atoms with Gasteiger partial charge in [-0.05, 0) is 25.3 Å². The van der Waals surface area contributed by atoms with Crippen molar-refractivity contribution < 1.29 is 0 Å². The van der Waals surface area contributed by atoms with Crippen LogP contribution in [0.15, 0.2) is 0 Å². The summed E-state index contributed by atoms with van der Waals surface area (Å²) in [6, 6.07) is 0.368. The predicted octanol–water partition coefficient (Wildman–Crippen LogP) is 2.17. The highest BCUT2D eigenvalue weighted by Gasteiger charge is 2.24. The van der Waals surface area contributed by atoms with Gasteiger partial charge < -0.3 is 5.73 Å². The van der Waals surface area contributed by atoms with Gasteiger partial charge in [-0.25, -0.2) is 0 Å². The van der Waals surface area contributed by atoms with Crippen LogP contribution in [0.4, 0.5) is 0 Å². The quantitative estimate of drug-likeness (QED) is 0.727. The third kappa shape index (κ3) is 3.21. The number of hydrogen-bond donors (Lipinski definition) is 1. The molecule has 14 heavy (non-hydrogen) atoms. The first kappa shape index (κ1) is 11.9. The third-order valence-corrected chi connectivity index (χ3v) is 3.46. The summed E-state index contributed by atoms with van der Waals surface area (Å²) in [5.74, 6) is 0.755. The molecule has 2 unspecified atom stereocenters. The second-order valence-corrected chi connectivity index (χ2v) is 4.89. The Balaban J connectivity index is 2.49. The number of hydrogen-bond acceptors (Lipinski definition) is 2. The van der Waals surface area contributed by atoms with Gasteiger partial charge in [-0.15, -0.1) is 0 Å². The molecule has 1 saturated heterocycles. The first-order valence-electron chi connectivity index (χ1n) is 5.68. The maximum Gasteiger partial charge on any atom is 0.0902 e. The Bertz CT molecular complexity index is 194. The standard InChI is InChI=1S/C11H22N2S/c1-3-9(2)8-13-7-5-4-6-10(13)11(12)14/h9-10H,3-8H2,1-2H3,(H2,12,14). The lowest BCUT2D eigenvalue weighted by Crippen LogP contribution is -2.48. The first-order valence-corrected chi connectivity index (χ1v) is 6.09. The fourth-order valence-corrected chi connectivity index (χ4v) is 2.33. The van der Waals surface area contributed by atoms with Crippen LogP contribution in [0.1, 0.15) is 39.5 Å². The van der Waals surface area contributed by atoms with Gasteiger partial charge in [0.15, 0.2) is 0 Å². The van der Waals surface area contributed by atoms with Crippen LogP contribution in [-0.4, -0.2) is 29.0 Å². The fraction of sp³-hybridized carbons (Fsp3) is 0.909. The number of nitrogens with two attached hydrogens (primary N) is 1. The van der Waals surface area contributed by atoms with Gasteiger partial charge in [-0.2, -0.15) is 0 Å². The smallest absolute Gasteiger partial charge is 0.0902 e. The van der Waals surface area contributed by atoms with Crippen molar-refractivity contribution in [2.45, 2.75) is 45.6 Å². The molecular formula is C11H22N2S. The van der Waals surface area contributed by atoms with Crippen molar-refractivity contribution in [3.05, 3.63) is 0 Å². The fourth-order valence-electron chi connectivity index (χ4n) is 2.06. The average molecular weight is 214 g/mol. The number of piperidine rings is 1. The normalized spacial score (nSPS) is 26.0. The van der Waals surface area contributed by atoms with Crippen molar-refractivity contribution in [3.8, 4) is 0 Å². The van der Waals surface area contributed by atoms with Gasteiger partial charge in [0.25, 0.3) is 0 Å². The van der Waals surface area contributed by atoms with Gasteiger partial charge in [0.1, 0.15) is 0 Å². The molecule has 82 valence electrons. The van der Waals surface area contributed by atoms with Gasteiger partial charge in [0, 0.05) is 6.54 Å². The van der Waals surface area contributed by atoms with E-state index < -0.39 is 0 Å². The van der Waals surface area contributed by atoms with Crippen LogP contribution in [-0.2, 0) is 0 Å². The van der Waals surface area contributed by atoms with Gasteiger partial charge in [-0.1, -0.05) is 38.9 Å². The maximum atomic E-state index is 5.76. The molecule has 0 radical (unpaired) electrons. The van der Waals surface area contributed by atoms with E-state index >= 15 is 0 Å². The molecule has 0 aromatic heterocycles. The SMILES string of the molecule is CCC(C)CN1CCCCC1C(N)=S. The lowest BCUT2D eigenvalue weighted by molar-refractivity contribution is 0.167. The Morgan fingerprint density at radius 3 is 2.86 bits per heavy atom. The number of nitrogens with zero attached hydrogens (tertiary/aromatic N) is 1. The Labute approximate surface area is 92.8 Å². The van der Waals surface area contributed by atoms with Gasteiger partial charge in [0.2, 0.25) is 0 Å². The zero-order valence-electron chi connectivity index (χ0n) is 9.33. The molecule has 0 aromatic rings. The molecule has 1 aliphatic rings. The van der Waals surface area contributed by atoms with Crippen molar-refractivity contribution >= 4 is 17.2 Å². The zero-order chi connectivity index (χ0) is 10.6. The summed E-state index contributed by atoms with van der Waals surface area (Å²) in [6.07, 6.45) is 4.97. The van der Waals surface area contributed by atoms with Crippen LogP contribution < -0.4 is 5.73 Å². The number of likely N-dealkylation sites (tertiary alicyclic amines) is 1. The summed E-state index contributed by atoms with van der Waals surface area (Å²) < 4.78 is 0. The van der Waals surface area contributed by atoms with Gasteiger partial charge in [0.05, 0.1) is 11.0 Å². The largest absolute Gasteiger partial charge is 0.392 e. The molecule has 2 atom stereocenters. The lowest BCUT2D eigenvalue weighted by Gasteiger charge is -2.36. The van der Waals surface area contributed by atoms with E-state index in [4.69, 9.17) is 18.0 Å². The van der Waals surface area contributed by atoms with Gasteiger partial charge in [-0.3, -0.25) is 4.90 Å². The van der Waals surface area contributed by atoms with Crippen molar-refractivity contribution in [1.82, 2.24) is 4.90 Å². The molecule has 0 spiro atoms. The third-order valence-electron chi connectivity index (χ3n) is 3.19. The zero-order valence-corrected chi connectivity index (χ0v) is 10.1. The first-order chi connectivity index (χ1) is 6.65. The molecule has 1 rings (SSSR count). The summed E-state index contributed by atoms with van der Waals surface area (Å²) in [5, 5.41) is 0. The van der Waals surface area contributed by atoms with Crippen LogP contribution in [0.3, 0.4) is 0 Å². The van der Waals surface area contributed by atoms with E-state index in [0.717, 1.165) is 18.9 Å². The topological polar surface area (TPSA) is 29.3 Å². The van der Waals surface area contributed by atoms with E-state index in [-0.39, 0.29) is 0 Å². The van der Waals surface area contributed by atoms with Crippen molar-refractivity contribution in [1.29, 1.82) is 0 Å². The molecule has 1 heterocycles. The van der Waals surface area contributed by atoms with Crippen molar-refractivity contribution in [2.75, 3.05) is 13.1 Å². The van der Waals surface area contributed by atoms with Crippen LogP contribution >= 0.6 is 12.2 Å². The van der Waals surface area contributed by atoms with E-state index in [9.17, 15) is 0 Å². The van der Waals surface area contributed by atoms with E-state index in [1.54, 1.807) is 0 Å². The molecular weight excluding hydrogens is 192 g/mol. The average Bonchev–Trinajstić information content (AvgIpc) is 2.18. The second kappa shape index (κ2) is 5.66. The molecule has 3 heteroatoms. The summed E-state index contributed by atoms with van der Waals surface area (Å²) in [6.45, 7) is 6.86. The van der Waals surface area contributed by atoms with E-state index in [0.29, 0.717) is 11.0 Å². The summed E-state index contributed by atoms with van der Waals surface area (Å²) in [5.41, 5.74) is 5.76.